The van der Waals surface area contributed by atoms with Gasteiger partial charge in [-0.3, -0.25) is 14.1 Å². The van der Waals surface area contributed by atoms with E-state index >= 15 is 0 Å². The molecule has 2 rings (SSSR count). The van der Waals surface area contributed by atoms with E-state index in [1.54, 1.807) is 24.5 Å². The van der Waals surface area contributed by atoms with Gasteiger partial charge in [0.05, 0.1) is 11.9 Å². The molecule has 7 nitrogen and oxygen atoms in total. The van der Waals surface area contributed by atoms with Gasteiger partial charge in [0.15, 0.2) is 0 Å². The Morgan fingerprint density at radius 1 is 1.32 bits per heavy atom. The minimum absolute atomic E-state index is 0.0968. The maximum absolute atomic E-state index is 12.0. The molecule has 1 aliphatic rings. The monoisotopic (exact) mass is 366 g/mol. The van der Waals surface area contributed by atoms with E-state index in [1.807, 2.05) is 32.9 Å². The summed E-state index contributed by atoms with van der Waals surface area (Å²) in [4.78, 5) is 17.7. The fourth-order valence-electron chi connectivity index (χ4n) is 2.01. The number of rotatable bonds is 4. The Balaban J connectivity index is 1.98. The smallest absolute Gasteiger partial charge is 0.414 e. The third-order valence-electron chi connectivity index (χ3n) is 3.15. The Kier molecular flexibility index (Phi) is 5.64. The first-order chi connectivity index (χ1) is 11.5. The molecule has 1 aromatic heterocycles. The SMILES string of the molecule is CC(C)(C)OC(=O)N1C=CC(c2ccc(COS(C)(=O)=O)nc2)=CC1. The van der Waals surface area contributed by atoms with E-state index in [1.165, 1.54) is 4.90 Å². The molecule has 8 heteroatoms. The van der Waals surface area contributed by atoms with E-state index in [9.17, 15) is 13.2 Å². The van der Waals surface area contributed by atoms with Crippen LogP contribution < -0.4 is 0 Å². The van der Waals surface area contributed by atoms with Crippen molar-refractivity contribution in [1.82, 2.24) is 9.88 Å². The molecule has 1 aliphatic heterocycles. The van der Waals surface area contributed by atoms with E-state index in [-0.39, 0.29) is 6.61 Å². The number of aromatic nitrogens is 1. The molecule has 0 radical (unpaired) electrons. The molecule has 1 aromatic rings. The molecule has 0 unspecified atom stereocenters. The fraction of sp³-hybridized carbons (Fsp3) is 0.412. The molecule has 0 atom stereocenters. The molecule has 25 heavy (non-hydrogen) atoms. The van der Waals surface area contributed by atoms with Gasteiger partial charge in [-0.25, -0.2) is 4.79 Å². The van der Waals surface area contributed by atoms with E-state index in [2.05, 4.69) is 4.98 Å². The minimum atomic E-state index is -3.49. The normalized spacial score (nSPS) is 15.0. The molecular weight excluding hydrogens is 344 g/mol. The Hall–Kier alpha value is -2.19. The summed E-state index contributed by atoms with van der Waals surface area (Å²) < 4.78 is 32.0. The zero-order valence-corrected chi connectivity index (χ0v) is 15.5. The van der Waals surface area contributed by atoms with Gasteiger partial charge in [-0.1, -0.05) is 12.1 Å². The summed E-state index contributed by atoms with van der Waals surface area (Å²) in [7, 11) is -3.49. The highest BCUT2D eigenvalue weighted by Crippen LogP contribution is 2.20. The van der Waals surface area contributed by atoms with Gasteiger partial charge in [-0.05, 0) is 44.1 Å². The lowest BCUT2D eigenvalue weighted by Gasteiger charge is -2.26. The Labute approximate surface area is 148 Å². The Morgan fingerprint density at radius 2 is 2.04 bits per heavy atom. The highest BCUT2D eigenvalue weighted by atomic mass is 32.2. The number of ether oxygens (including phenoxy) is 1. The van der Waals surface area contributed by atoms with Crippen LogP contribution in [0.2, 0.25) is 0 Å². The number of nitrogens with zero attached hydrogens (tertiary/aromatic N) is 2. The van der Waals surface area contributed by atoms with E-state index in [0.717, 1.165) is 17.4 Å². The molecule has 0 bridgehead atoms. The Bertz CT molecular complexity index is 789. The van der Waals surface area contributed by atoms with Crippen LogP contribution in [0.25, 0.3) is 5.57 Å². The predicted molar refractivity (Wildman–Crippen MR) is 93.9 cm³/mol. The quantitative estimate of drug-likeness (QED) is 0.762. The molecular formula is C17H22N2O5S. The summed E-state index contributed by atoms with van der Waals surface area (Å²) in [5, 5.41) is 0. The lowest BCUT2D eigenvalue weighted by Crippen LogP contribution is -2.34. The summed E-state index contributed by atoms with van der Waals surface area (Å²) >= 11 is 0. The van der Waals surface area contributed by atoms with Crippen LogP contribution in [0, 0.1) is 0 Å². The van der Waals surface area contributed by atoms with Crippen LogP contribution in [0.3, 0.4) is 0 Å². The molecule has 0 spiro atoms. The third kappa shape index (κ3) is 6.32. The largest absolute Gasteiger partial charge is 0.443 e. The maximum Gasteiger partial charge on any atom is 0.414 e. The van der Waals surface area contributed by atoms with Crippen molar-refractivity contribution < 1.29 is 22.1 Å². The van der Waals surface area contributed by atoms with Gasteiger partial charge in [0.2, 0.25) is 0 Å². The van der Waals surface area contributed by atoms with Crippen LogP contribution in [-0.4, -0.2) is 42.8 Å². The third-order valence-corrected chi connectivity index (χ3v) is 3.69. The van der Waals surface area contributed by atoms with Gasteiger partial charge in [0.25, 0.3) is 10.1 Å². The van der Waals surface area contributed by atoms with Crippen molar-refractivity contribution >= 4 is 21.8 Å². The van der Waals surface area contributed by atoms with Crippen molar-refractivity contribution in [3.63, 3.8) is 0 Å². The number of carbonyl (C=O) groups is 1. The lowest BCUT2D eigenvalue weighted by atomic mass is 10.1. The molecule has 0 fully saturated rings. The van der Waals surface area contributed by atoms with Crippen LogP contribution in [0.1, 0.15) is 32.0 Å². The van der Waals surface area contributed by atoms with Gasteiger partial charge in [-0.15, -0.1) is 0 Å². The standard InChI is InChI=1S/C17H22N2O5S/c1-17(2,3)24-16(20)19-9-7-13(8-10-19)14-5-6-15(18-11-14)12-23-25(4,21)22/h5-9,11H,10,12H2,1-4H3. The predicted octanol–water partition coefficient (Wildman–Crippen LogP) is 2.71. The maximum atomic E-state index is 12.0. The van der Waals surface area contributed by atoms with Gasteiger partial charge < -0.3 is 4.74 Å². The molecule has 0 aromatic carbocycles. The zero-order valence-electron chi connectivity index (χ0n) is 14.7. The highest BCUT2D eigenvalue weighted by molar-refractivity contribution is 7.85. The number of allylic oxidation sites excluding steroid dienone is 2. The number of pyridine rings is 1. The second-order valence-corrected chi connectivity index (χ2v) is 8.26. The summed E-state index contributed by atoms with van der Waals surface area (Å²) in [5.74, 6) is 0. The molecule has 2 heterocycles. The van der Waals surface area contributed by atoms with Crippen LogP contribution >= 0.6 is 0 Å². The first-order valence-corrected chi connectivity index (χ1v) is 9.53. The summed E-state index contributed by atoms with van der Waals surface area (Å²) in [5.41, 5.74) is 1.76. The van der Waals surface area contributed by atoms with Crippen molar-refractivity contribution in [2.24, 2.45) is 0 Å². The van der Waals surface area contributed by atoms with Crippen molar-refractivity contribution in [2.75, 3.05) is 12.8 Å². The number of hydrogen-bond acceptors (Lipinski definition) is 6. The second kappa shape index (κ2) is 7.37. The summed E-state index contributed by atoms with van der Waals surface area (Å²) in [6.45, 7) is 5.77. The van der Waals surface area contributed by atoms with Crippen LogP contribution in [0.5, 0.6) is 0 Å². The van der Waals surface area contributed by atoms with Crippen molar-refractivity contribution in [2.45, 2.75) is 33.0 Å². The summed E-state index contributed by atoms with van der Waals surface area (Å²) in [6, 6.07) is 3.53. The first kappa shape index (κ1) is 19.1. The van der Waals surface area contributed by atoms with Crippen LogP contribution in [-0.2, 0) is 25.6 Å². The van der Waals surface area contributed by atoms with Gasteiger partial charge in [0.1, 0.15) is 12.2 Å². The van der Waals surface area contributed by atoms with Crippen LogP contribution in [0.15, 0.2) is 36.7 Å². The number of hydrogen-bond donors (Lipinski definition) is 0. The molecule has 0 aliphatic carbocycles. The van der Waals surface area contributed by atoms with Gasteiger partial charge in [0, 0.05) is 18.9 Å². The molecule has 136 valence electrons. The average Bonchev–Trinajstić information content (AvgIpc) is 2.51. The summed E-state index contributed by atoms with van der Waals surface area (Å²) in [6.07, 6.45) is 7.61. The van der Waals surface area contributed by atoms with Crippen LogP contribution in [0.4, 0.5) is 4.79 Å². The molecule has 1 amide bonds. The minimum Gasteiger partial charge on any atom is -0.443 e. The average molecular weight is 366 g/mol. The van der Waals surface area contributed by atoms with E-state index < -0.39 is 21.8 Å². The van der Waals surface area contributed by atoms with Gasteiger partial charge >= 0.3 is 6.09 Å². The topological polar surface area (TPSA) is 85.8 Å². The van der Waals surface area contributed by atoms with Crippen molar-refractivity contribution in [3.05, 3.63) is 47.9 Å². The molecule has 0 saturated heterocycles. The lowest BCUT2D eigenvalue weighted by molar-refractivity contribution is 0.0350. The van der Waals surface area contributed by atoms with Crippen molar-refractivity contribution in [3.8, 4) is 0 Å². The van der Waals surface area contributed by atoms with E-state index in [0.29, 0.717) is 12.2 Å². The number of carbonyl (C=O) groups excluding carboxylic acids is 1. The van der Waals surface area contributed by atoms with E-state index in [4.69, 9.17) is 8.92 Å². The fourth-order valence-corrected chi connectivity index (χ4v) is 2.35. The molecule has 0 N–H and O–H groups in total. The van der Waals surface area contributed by atoms with Crippen molar-refractivity contribution in [1.29, 1.82) is 0 Å². The number of amides is 1. The Morgan fingerprint density at radius 3 is 2.52 bits per heavy atom. The first-order valence-electron chi connectivity index (χ1n) is 7.71. The zero-order chi connectivity index (χ0) is 18.7. The second-order valence-electron chi connectivity index (χ2n) is 6.61. The highest BCUT2D eigenvalue weighted by Gasteiger charge is 2.21. The molecule has 0 saturated carbocycles. The van der Waals surface area contributed by atoms with Gasteiger partial charge in [-0.2, -0.15) is 8.42 Å².